The molecule has 0 radical (unpaired) electrons. The molecule has 1 saturated heterocycles. The predicted octanol–water partition coefficient (Wildman–Crippen LogP) is 3.52. The molecule has 2 aromatic heterocycles. The van der Waals surface area contributed by atoms with Gasteiger partial charge >= 0.3 is 0 Å². The number of nitrogens with zero attached hydrogens (tertiary/aromatic N) is 3. The Morgan fingerprint density at radius 3 is 3.09 bits per heavy atom. The molecule has 3 unspecified atom stereocenters. The summed E-state index contributed by atoms with van der Waals surface area (Å²) in [5.74, 6) is 0.685. The highest BCUT2D eigenvalue weighted by atomic mass is 79.9. The smallest absolute Gasteiger partial charge is 0.183 e. The van der Waals surface area contributed by atoms with Gasteiger partial charge in [-0.3, -0.25) is 4.68 Å². The van der Waals surface area contributed by atoms with E-state index in [9.17, 15) is 0 Å². The fourth-order valence-corrected chi connectivity index (χ4v) is 5.79. The number of ether oxygens (including phenoxy) is 1. The lowest BCUT2D eigenvalue weighted by molar-refractivity contribution is -0.158. The molecular formula is C16H19BrN4OS. The highest BCUT2D eigenvalue weighted by Gasteiger charge is 2.66. The molecule has 3 atom stereocenters. The van der Waals surface area contributed by atoms with Crippen LogP contribution in [0.5, 0.6) is 0 Å². The van der Waals surface area contributed by atoms with E-state index in [0.29, 0.717) is 23.5 Å². The molecule has 2 aliphatic carbocycles. The minimum atomic E-state index is 0.403. The van der Waals surface area contributed by atoms with Gasteiger partial charge in [0.25, 0.3) is 0 Å². The molecular weight excluding hydrogens is 376 g/mol. The maximum Gasteiger partial charge on any atom is 0.183 e. The van der Waals surface area contributed by atoms with Crippen molar-refractivity contribution in [3.63, 3.8) is 0 Å². The zero-order valence-corrected chi connectivity index (χ0v) is 15.1. The number of rotatable bonds is 4. The van der Waals surface area contributed by atoms with Crippen LogP contribution in [0.2, 0.25) is 0 Å². The summed E-state index contributed by atoms with van der Waals surface area (Å²) in [4.78, 5) is 5.82. The highest BCUT2D eigenvalue weighted by molar-refractivity contribution is 9.10. The highest BCUT2D eigenvalue weighted by Crippen LogP contribution is 2.63. The lowest BCUT2D eigenvalue weighted by atomic mass is 9.46. The Kier molecular flexibility index (Phi) is 3.32. The first-order chi connectivity index (χ1) is 11.2. The van der Waals surface area contributed by atoms with E-state index < -0.39 is 0 Å². The first kappa shape index (κ1) is 14.4. The summed E-state index contributed by atoms with van der Waals surface area (Å²) in [6.07, 6.45) is 11.5. The Hall–Kier alpha value is -0.920. The molecule has 3 aliphatic rings. The van der Waals surface area contributed by atoms with Crippen LogP contribution in [0.15, 0.2) is 23.1 Å². The van der Waals surface area contributed by atoms with Crippen molar-refractivity contribution in [3.05, 3.63) is 27.9 Å². The number of aromatic nitrogens is 3. The third kappa shape index (κ3) is 2.20. The van der Waals surface area contributed by atoms with Crippen molar-refractivity contribution < 1.29 is 4.74 Å². The van der Waals surface area contributed by atoms with Gasteiger partial charge in [-0.1, -0.05) is 6.42 Å². The number of thiazole rings is 1. The lowest BCUT2D eigenvalue weighted by Gasteiger charge is -2.63. The van der Waals surface area contributed by atoms with Crippen molar-refractivity contribution in [1.82, 2.24) is 14.8 Å². The second kappa shape index (κ2) is 5.29. The maximum atomic E-state index is 5.99. The Morgan fingerprint density at radius 1 is 1.43 bits per heavy atom. The molecule has 3 heterocycles. The van der Waals surface area contributed by atoms with Crippen molar-refractivity contribution in [2.24, 2.45) is 11.3 Å². The van der Waals surface area contributed by atoms with Crippen LogP contribution in [-0.2, 0) is 11.3 Å². The fraction of sp³-hybridized carbons (Fsp3) is 0.625. The van der Waals surface area contributed by atoms with E-state index in [1.807, 2.05) is 23.3 Å². The standard InChI is InChI=1S/C16H19BrN4OS/c17-10-6-19-21(8-10)9-11-7-18-15(23-11)20-13-12-2-5-22-14(12)16(13)3-1-4-16/h6-8,12-14H,1-5,9H2,(H,18,20). The molecule has 0 aromatic carbocycles. The van der Waals surface area contributed by atoms with Gasteiger partial charge in [0.2, 0.25) is 0 Å². The van der Waals surface area contributed by atoms with Gasteiger partial charge in [-0.15, -0.1) is 11.3 Å². The second-order valence-corrected chi connectivity index (χ2v) is 8.97. The maximum absolute atomic E-state index is 5.99. The van der Waals surface area contributed by atoms with Crippen LogP contribution in [0.25, 0.3) is 0 Å². The average molecular weight is 395 g/mol. The van der Waals surface area contributed by atoms with Crippen molar-refractivity contribution in [2.75, 3.05) is 11.9 Å². The van der Waals surface area contributed by atoms with Gasteiger partial charge in [-0.25, -0.2) is 4.98 Å². The molecule has 0 amide bonds. The predicted molar refractivity (Wildman–Crippen MR) is 92.7 cm³/mol. The zero-order chi connectivity index (χ0) is 15.4. The minimum absolute atomic E-state index is 0.403. The topological polar surface area (TPSA) is 52.0 Å². The van der Waals surface area contributed by atoms with Crippen LogP contribution in [0.3, 0.4) is 0 Å². The van der Waals surface area contributed by atoms with E-state index in [2.05, 4.69) is 31.3 Å². The Labute approximate surface area is 147 Å². The van der Waals surface area contributed by atoms with E-state index in [1.54, 1.807) is 11.3 Å². The number of fused-ring (bicyclic) bond motifs is 2. The summed E-state index contributed by atoms with van der Waals surface area (Å²) in [6, 6.07) is 0.557. The van der Waals surface area contributed by atoms with Gasteiger partial charge in [0, 0.05) is 41.3 Å². The summed E-state index contributed by atoms with van der Waals surface area (Å²) >= 11 is 5.18. The molecule has 3 fully saturated rings. The van der Waals surface area contributed by atoms with E-state index >= 15 is 0 Å². The number of halogens is 1. The molecule has 1 spiro atoms. The van der Waals surface area contributed by atoms with E-state index in [4.69, 9.17) is 4.74 Å². The molecule has 23 heavy (non-hydrogen) atoms. The van der Waals surface area contributed by atoms with Gasteiger partial charge in [0.15, 0.2) is 5.13 Å². The quantitative estimate of drug-likeness (QED) is 0.861. The van der Waals surface area contributed by atoms with Crippen molar-refractivity contribution in [1.29, 1.82) is 0 Å². The molecule has 2 saturated carbocycles. The molecule has 5 rings (SSSR count). The second-order valence-electron chi connectivity index (χ2n) is 6.94. The Balaban J connectivity index is 1.30. The molecule has 7 heteroatoms. The monoisotopic (exact) mass is 394 g/mol. The van der Waals surface area contributed by atoms with Crippen molar-refractivity contribution in [3.8, 4) is 0 Å². The van der Waals surface area contributed by atoms with Crippen molar-refractivity contribution >= 4 is 32.4 Å². The average Bonchev–Trinajstić information content (AvgIpc) is 3.17. The summed E-state index contributed by atoms with van der Waals surface area (Å²) in [5, 5.41) is 9.10. The van der Waals surface area contributed by atoms with Crippen LogP contribution in [0.4, 0.5) is 5.13 Å². The van der Waals surface area contributed by atoms with E-state index in [0.717, 1.165) is 22.8 Å². The van der Waals surface area contributed by atoms with Gasteiger partial charge in [0.05, 0.1) is 23.3 Å². The fourth-order valence-electron chi connectivity index (χ4n) is 4.62. The van der Waals surface area contributed by atoms with Crippen LogP contribution in [-0.4, -0.2) is 33.5 Å². The SMILES string of the molecule is Brc1cnn(Cc2cnc(NC3C4CCOC4C34CCC4)s2)c1. The van der Waals surface area contributed by atoms with Gasteiger partial charge in [-0.05, 0) is 35.2 Å². The molecule has 0 bridgehead atoms. The van der Waals surface area contributed by atoms with Crippen molar-refractivity contribution in [2.45, 2.75) is 44.4 Å². The summed E-state index contributed by atoms with van der Waals surface area (Å²) in [6.45, 7) is 1.71. The van der Waals surface area contributed by atoms with Gasteiger partial charge in [-0.2, -0.15) is 5.10 Å². The van der Waals surface area contributed by atoms with Crippen LogP contribution >= 0.6 is 27.3 Å². The lowest BCUT2D eigenvalue weighted by Crippen LogP contribution is -2.68. The summed E-state index contributed by atoms with van der Waals surface area (Å²) in [7, 11) is 0. The van der Waals surface area contributed by atoms with Crippen LogP contribution in [0, 0.1) is 11.3 Å². The molecule has 2 aromatic rings. The number of nitrogens with one attached hydrogen (secondary N) is 1. The third-order valence-corrected chi connectivity index (χ3v) is 7.11. The number of hydrogen-bond acceptors (Lipinski definition) is 5. The van der Waals surface area contributed by atoms with Gasteiger partial charge in [0.1, 0.15) is 0 Å². The summed E-state index contributed by atoms with van der Waals surface area (Å²) < 4.78 is 8.93. The molecule has 1 N–H and O–H groups in total. The van der Waals surface area contributed by atoms with Crippen LogP contribution < -0.4 is 5.32 Å². The molecule has 5 nitrogen and oxygen atoms in total. The Bertz CT molecular complexity index is 725. The third-order valence-electron chi connectivity index (χ3n) is 5.79. The first-order valence-electron chi connectivity index (χ1n) is 8.25. The van der Waals surface area contributed by atoms with E-state index in [-0.39, 0.29) is 0 Å². The van der Waals surface area contributed by atoms with Gasteiger partial charge < -0.3 is 10.1 Å². The van der Waals surface area contributed by atoms with E-state index in [1.165, 1.54) is 30.6 Å². The molecule has 1 aliphatic heterocycles. The Morgan fingerprint density at radius 2 is 2.35 bits per heavy atom. The number of anilines is 1. The number of hydrogen-bond donors (Lipinski definition) is 1. The van der Waals surface area contributed by atoms with Crippen LogP contribution in [0.1, 0.15) is 30.6 Å². The zero-order valence-electron chi connectivity index (χ0n) is 12.7. The normalized spacial score (nSPS) is 30.7. The minimum Gasteiger partial charge on any atom is -0.377 e. The molecule has 122 valence electrons. The summed E-state index contributed by atoms with van der Waals surface area (Å²) in [5.41, 5.74) is 0.403. The first-order valence-corrected chi connectivity index (χ1v) is 9.86. The largest absolute Gasteiger partial charge is 0.377 e.